The number of nitrogens with one attached hydrogen (secondary N) is 1. The third-order valence-electron chi connectivity index (χ3n) is 3.23. The van der Waals surface area contributed by atoms with Crippen LogP contribution in [-0.2, 0) is 4.79 Å². The molecule has 1 N–H and O–H groups in total. The smallest absolute Gasteiger partial charge is 0.219 e. The van der Waals surface area contributed by atoms with Crippen LogP contribution in [0.25, 0.3) is 0 Å². The standard InChI is InChI=1S/C13H16ClFN2O/c1-9(18)17-6-4-11(5-7-17)16-13-3-2-10(15)8-12(13)14/h2-3,8,11,16H,4-7H2,1H3. The summed E-state index contributed by atoms with van der Waals surface area (Å²) in [7, 11) is 0. The van der Waals surface area contributed by atoms with Crippen molar-refractivity contribution in [2.24, 2.45) is 0 Å². The highest BCUT2D eigenvalue weighted by Gasteiger charge is 2.20. The van der Waals surface area contributed by atoms with Crippen molar-refractivity contribution in [1.29, 1.82) is 0 Å². The minimum Gasteiger partial charge on any atom is -0.381 e. The lowest BCUT2D eigenvalue weighted by molar-refractivity contribution is -0.129. The summed E-state index contributed by atoms with van der Waals surface area (Å²) in [6.07, 6.45) is 1.76. The van der Waals surface area contributed by atoms with E-state index in [1.165, 1.54) is 12.1 Å². The summed E-state index contributed by atoms with van der Waals surface area (Å²) in [5, 5.41) is 3.69. The molecule has 0 atom stereocenters. The van der Waals surface area contributed by atoms with Gasteiger partial charge in [0.25, 0.3) is 0 Å². The van der Waals surface area contributed by atoms with Crippen molar-refractivity contribution in [1.82, 2.24) is 4.90 Å². The topological polar surface area (TPSA) is 32.3 Å². The largest absolute Gasteiger partial charge is 0.381 e. The van der Waals surface area contributed by atoms with Gasteiger partial charge in [-0.3, -0.25) is 4.79 Å². The Bertz CT molecular complexity index is 445. The molecule has 98 valence electrons. The third kappa shape index (κ3) is 3.13. The van der Waals surface area contributed by atoms with E-state index in [0.717, 1.165) is 31.6 Å². The monoisotopic (exact) mass is 270 g/mol. The first-order valence-corrected chi connectivity index (χ1v) is 6.41. The molecular weight excluding hydrogens is 255 g/mol. The molecule has 2 rings (SSSR count). The number of hydrogen-bond donors (Lipinski definition) is 1. The van der Waals surface area contributed by atoms with Crippen molar-refractivity contribution in [2.75, 3.05) is 18.4 Å². The van der Waals surface area contributed by atoms with E-state index >= 15 is 0 Å². The molecule has 1 fully saturated rings. The highest BCUT2D eigenvalue weighted by atomic mass is 35.5. The quantitative estimate of drug-likeness (QED) is 0.896. The molecule has 0 spiro atoms. The van der Waals surface area contributed by atoms with Gasteiger partial charge >= 0.3 is 0 Å². The second-order valence-electron chi connectivity index (χ2n) is 4.55. The highest BCUT2D eigenvalue weighted by Crippen LogP contribution is 2.25. The van der Waals surface area contributed by atoms with E-state index in [2.05, 4.69) is 5.32 Å². The van der Waals surface area contributed by atoms with Crippen LogP contribution in [0.3, 0.4) is 0 Å². The van der Waals surface area contributed by atoms with Gasteiger partial charge in [-0.15, -0.1) is 0 Å². The van der Waals surface area contributed by atoms with Crippen molar-refractivity contribution < 1.29 is 9.18 Å². The van der Waals surface area contributed by atoms with Crippen molar-refractivity contribution >= 4 is 23.2 Å². The molecule has 1 aliphatic heterocycles. The minimum absolute atomic E-state index is 0.119. The first-order chi connectivity index (χ1) is 8.56. The number of rotatable bonds is 2. The molecule has 1 aromatic carbocycles. The van der Waals surface area contributed by atoms with E-state index in [1.807, 2.05) is 4.90 Å². The Morgan fingerprint density at radius 1 is 1.44 bits per heavy atom. The van der Waals surface area contributed by atoms with Crippen LogP contribution in [0.4, 0.5) is 10.1 Å². The first-order valence-electron chi connectivity index (χ1n) is 6.03. The molecule has 0 bridgehead atoms. The molecule has 1 heterocycles. The number of amides is 1. The van der Waals surface area contributed by atoms with Gasteiger partial charge < -0.3 is 10.2 Å². The fourth-order valence-electron chi connectivity index (χ4n) is 2.17. The zero-order chi connectivity index (χ0) is 13.1. The Balaban J connectivity index is 1.93. The van der Waals surface area contributed by atoms with Gasteiger partial charge in [0.1, 0.15) is 5.82 Å². The number of hydrogen-bond acceptors (Lipinski definition) is 2. The molecule has 1 amide bonds. The zero-order valence-electron chi connectivity index (χ0n) is 10.2. The van der Waals surface area contributed by atoms with Crippen molar-refractivity contribution in [3.05, 3.63) is 29.0 Å². The molecule has 1 saturated heterocycles. The summed E-state index contributed by atoms with van der Waals surface area (Å²) in [6.45, 7) is 3.10. The lowest BCUT2D eigenvalue weighted by atomic mass is 10.0. The molecular formula is C13H16ClFN2O. The Kier molecular flexibility index (Phi) is 4.07. The minimum atomic E-state index is -0.336. The number of halogens is 2. The number of piperidine rings is 1. The molecule has 1 aliphatic rings. The van der Waals surface area contributed by atoms with Gasteiger partial charge in [-0.25, -0.2) is 4.39 Å². The predicted octanol–water partition coefficient (Wildman–Crippen LogP) is 2.90. The Morgan fingerprint density at radius 2 is 2.11 bits per heavy atom. The summed E-state index contributed by atoms with van der Waals surface area (Å²) in [5.74, 6) is -0.217. The van der Waals surface area contributed by atoms with E-state index in [4.69, 9.17) is 11.6 Å². The number of carbonyl (C=O) groups excluding carboxylic acids is 1. The summed E-state index contributed by atoms with van der Waals surface area (Å²) in [6, 6.07) is 4.62. The van der Waals surface area contributed by atoms with Gasteiger partial charge in [-0.2, -0.15) is 0 Å². The number of carbonyl (C=O) groups is 1. The fourth-order valence-corrected chi connectivity index (χ4v) is 2.39. The fraction of sp³-hybridized carbons (Fsp3) is 0.462. The highest BCUT2D eigenvalue weighted by molar-refractivity contribution is 6.33. The van der Waals surface area contributed by atoms with Crippen LogP contribution in [0, 0.1) is 5.82 Å². The number of anilines is 1. The van der Waals surface area contributed by atoms with Crippen LogP contribution in [0.1, 0.15) is 19.8 Å². The van der Waals surface area contributed by atoms with E-state index < -0.39 is 0 Å². The molecule has 0 aromatic heterocycles. The van der Waals surface area contributed by atoms with Crippen LogP contribution in [0.5, 0.6) is 0 Å². The van der Waals surface area contributed by atoms with Gasteiger partial charge in [0.2, 0.25) is 5.91 Å². The van der Waals surface area contributed by atoms with Gasteiger partial charge in [0.05, 0.1) is 10.7 Å². The summed E-state index contributed by atoms with van der Waals surface area (Å²) in [5.41, 5.74) is 0.749. The average molecular weight is 271 g/mol. The summed E-state index contributed by atoms with van der Waals surface area (Å²) in [4.78, 5) is 13.0. The van der Waals surface area contributed by atoms with E-state index in [0.29, 0.717) is 5.02 Å². The van der Waals surface area contributed by atoms with Gasteiger partial charge in [0, 0.05) is 26.1 Å². The molecule has 0 unspecified atom stereocenters. The number of likely N-dealkylation sites (tertiary alicyclic amines) is 1. The lowest BCUT2D eigenvalue weighted by Crippen LogP contribution is -2.41. The van der Waals surface area contributed by atoms with Crippen LogP contribution in [0.2, 0.25) is 5.02 Å². The molecule has 3 nitrogen and oxygen atoms in total. The predicted molar refractivity (Wildman–Crippen MR) is 70.3 cm³/mol. The number of benzene rings is 1. The molecule has 5 heteroatoms. The summed E-state index contributed by atoms with van der Waals surface area (Å²) >= 11 is 5.96. The van der Waals surface area contributed by atoms with Gasteiger partial charge in [0.15, 0.2) is 0 Å². The Labute approximate surface area is 111 Å². The van der Waals surface area contributed by atoms with Crippen molar-refractivity contribution in [3.63, 3.8) is 0 Å². The Morgan fingerprint density at radius 3 is 2.67 bits per heavy atom. The maximum Gasteiger partial charge on any atom is 0.219 e. The molecule has 0 saturated carbocycles. The summed E-state index contributed by atoms with van der Waals surface area (Å²) < 4.78 is 12.9. The molecule has 0 radical (unpaired) electrons. The van der Waals surface area contributed by atoms with Gasteiger partial charge in [-0.1, -0.05) is 11.6 Å². The van der Waals surface area contributed by atoms with Crippen LogP contribution in [-0.4, -0.2) is 29.9 Å². The zero-order valence-corrected chi connectivity index (χ0v) is 11.0. The SMILES string of the molecule is CC(=O)N1CCC(Nc2ccc(F)cc2Cl)CC1. The lowest BCUT2D eigenvalue weighted by Gasteiger charge is -2.32. The van der Waals surface area contributed by atoms with Crippen LogP contribution in [0.15, 0.2) is 18.2 Å². The normalized spacial score (nSPS) is 16.7. The second-order valence-corrected chi connectivity index (χ2v) is 4.96. The first kappa shape index (κ1) is 13.1. The van der Waals surface area contributed by atoms with Gasteiger partial charge in [-0.05, 0) is 31.0 Å². The van der Waals surface area contributed by atoms with Crippen molar-refractivity contribution in [3.8, 4) is 0 Å². The Hall–Kier alpha value is -1.29. The van der Waals surface area contributed by atoms with E-state index in [9.17, 15) is 9.18 Å². The maximum atomic E-state index is 12.9. The molecule has 1 aromatic rings. The molecule has 18 heavy (non-hydrogen) atoms. The maximum absolute atomic E-state index is 12.9. The molecule has 0 aliphatic carbocycles. The van der Waals surface area contributed by atoms with Crippen LogP contribution >= 0.6 is 11.6 Å². The van der Waals surface area contributed by atoms with Crippen LogP contribution < -0.4 is 5.32 Å². The number of nitrogens with zero attached hydrogens (tertiary/aromatic N) is 1. The second kappa shape index (κ2) is 5.57. The average Bonchev–Trinajstić information content (AvgIpc) is 2.33. The third-order valence-corrected chi connectivity index (χ3v) is 3.54. The van der Waals surface area contributed by atoms with Crippen molar-refractivity contribution in [2.45, 2.75) is 25.8 Å². The van der Waals surface area contributed by atoms with E-state index in [-0.39, 0.29) is 17.8 Å². The van der Waals surface area contributed by atoms with E-state index in [1.54, 1.807) is 13.0 Å².